The van der Waals surface area contributed by atoms with Crippen molar-refractivity contribution in [2.75, 3.05) is 11.9 Å². The second kappa shape index (κ2) is 6.95. The molecule has 0 radical (unpaired) electrons. The van der Waals surface area contributed by atoms with Gasteiger partial charge in [0.05, 0.1) is 5.69 Å². The standard InChI is InChI=1S/C20H18N4O3/c21-17(25)11-27-15-8-4-5-13(9-15)16-10-18(26)23-20-19(16)22-12-24(20)14-6-2-1-3-7-14/h1-9,12,16H,10-11H2,(H2,21,25)(H,23,26). The number of amides is 2. The largest absolute Gasteiger partial charge is 0.484 e. The maximum Gasteiger partial charge on any atom is 0.255 e. The van der Waals surface area contributed by atoms with E-state index in [-0.39, 0.29) is 24.9 Å². The van der Waals surface area contributed by atoms with E-state index in [2.05, 4.69) is 10.3 Å². The molecule has 4 rings (SSSR count). The van der Waals surface area contributed by atoms with Gasteiger partial charge in [0.2, 0.25) is 5.91 Å². The highest BCUT2D eigenvalue weighted by atomic mass is 16.5. The van der Waals surface area contributed by atoms with Gasteiger partial charge in [-0.25, -0.2) is 4.98 Å². The summed E-state index contributed by atoms with van der Waals surface area (Å²) in [7, 11) is 0. The molecule has 0 fully saturated rings. The fourth-order valence-corrected chi connectivity index (χ4v) is 3.24. The number of para-hydroxylation sites is 1. The number of fused-ring (bicyclic) bond motifs is 1. The molecule has 0 bridgehead atoms. The monoisotopic (exact) mass is 362 g/mol. The van der Waals surface area contributed by atoms with Gasteiger partial charge in [-0.05, 0) is 29.8 Å². The molecule has 1 aromatic heterocycles. The molecule has 136 valence electrons. The molecule has 7 nitrogen and oxygen atoms in total. The number of ether oxygens (including phenoxy) is 1. The van der Waals surface area contributed by atoms with E-state index in [0.29, 0.717) is 11.6 Å². The van der Waals surface area contributed by atoms with Crippen LogP contribution >= 0.6 is 0 Å². The molecule has 27 heavy (non-hydrogen) atoms. The number of carbonyl (C=O) groups excluding carboxylic acids is 2. The van der Waals surface area contributed by atoms with Crippen LogP contribution in [0.4, 0.5) is 5.82 Å². The van der Waals surface area contributed by atoms with E-state index >= 15 is 0 Å². The quantitative estimate of drug-likeness (QED) is 0.727. The van der Waals surface area contributed by atoms with E-state index in [9.17, 15) is 9.59 Å². The van der Waals surface area contributed by atoms with Gasteiger partial charge in [0.25, 0.3) is 5.91 Å². The highest BCUT2D eigenvalue weighted by Gasteiger charge is 2.31. The van der Waals surface area contributed by atoms with Gasteiger partial charge >= 0.3 is 0 Å². The van der Waals surface area contributed by atoms with E-state index in [1.807, 2.05) is 53.1 Å². The molecule has 0 aliphatic carbocycles. The minimum absolute atomic E-state index is 0.0753. The van der Waals surface area contributed by atoms with Crippen LogP contribution in [0.25, 0.3) is 5.69 Å². The third kappa shape index (κ3) is 3.39. The number of anilines is 1. The average Bonchev–Trinajstić information content (AvgIpc) is 3.10. The van der Waals surface area contributed by atoms with Crippen LogP contribution in [0.1, 0.15) is 23.6 Å². The van der Waals surface area contributed by atoms with E-state index < -0.39 is 5.91 Å². The molecular formula is C20H18N4O3. The first-order valence-corrected chi connectivity index (χ1v) is 8.55. The lowest BCUT2D eigenvalue weighted by atomic mass is 9.89. The number of hydrogen-bond acceptors (Lipinski definition) is 4. The number of benzene rings is 2. The summed E-state index contributed by atoms with van der Waals surface area (Å²) in [5.74, 6) is 0.387. The molecule has 3 N–H and O–H groups in total. The van der Waals surface area contributed by atoms with Crippen molar-refractivity contribution >= 4 is 17.6 Å². The zero-order valence-corrected chi connectivity index (χ0v) is 14.5. The lowest BCUT2D eigenvalue weighted by Crippen LogP contribution is -2.25. The molecule has 1 aliphatic rings. The van der Waals surface area contributed by atoms with Crippen LogP contribution < -0.4 is 15.8 Å². The summed E-state index contributed by atoms with van der Waals surface area (Å²) >= 11 is 0. The van der Waals surface area contributed by atoms with Crippen molar-refractivity contribution < 1.29 is 14.3 Å². The van der Waals surface area contributed by atoms with E-state index in [4.69, 9.17) is 10.5 Å². The Bertz CT molecular complexity index is 997. The fourth-order valence-electron chi connectivity index (χ4n) is 3.24. The summed E-state index contributed by atoms with van der Waals surface area (Å²) in [6.07, 6.45) is 2.00. The maximum absolute atomic E-state index is 12.3. The van der Waals surface area contributed by atoms with Crippen molar-refractivity contribution in [1.29, 1.82) is 0 Å². The van der Waals surface area contributed by atoms with Gasteiger partial charge in [-0.3, -0.25) is 14.2 Å². The number of imidazole rings is 1. The normalized spacial score (nSPS) is 15.7. The van der Waals surface area contributed by atoms with Gasteiger partial charge in [-0.1, -0.05) is 30.3 Å². The molecular weight excluding hydrogens is 344 g/mol. The van der Waals surface area contributed by atoms with Gasteiger partial charge in [0.1, 0.15) is 17.9 Å². The SMILES string of the molecule is NC(=O)COc1cccc(C2CC(=O)Nc3c2ncn3-c2ccccc2)c1. The first kappa shape index (κ1) is 16.8. The average molecular weight is 362 g/mol. The molecule has 1 atom stereocenters. The van der Waals surface area contributed by atoms with Crippen LogP contribution in [0.3, 0.4) is 0 Å². The molecule has 2 heterocycles. The first-order valence-electron chi connectivity index (χ1n) is 8.55. The molecule has 1 aliphatic heterocycles. The van der Waals surface area contributed by atoms with Crippen LogP contribution in [0, 0.1) is 0 Å². The Morgan fingerprint density at radius 3 is 2.81 bits per heavy atom. The Morgan fingerprint density at radius 2 is 2.04 bits per heavy atom. The predicted octanol–water partition coefficient (Wildman–Crippen LogP) is 2.21. The summed E-state index contributed by atoms with van der Waals surface area (Å²) in [6.45, 7) is -0.192. The third-order valence-corrected chi connectivity index (χ3v) is 4.45. The Kier molecular flexibility index (Phi) is 4.33. The van der Waals surface area contributed by atoms with E-state index in [1.165, 1.54) is 0 Å². The van der Waals surface area contributed by atoms with Gasteiger partial charge in [-0.15, -0.1) is 0 Å². The first-order chi connectivity index (χ1) is 13.1. The van der Waals surface area contributed by atoms with Crippen molar-refractivity contribution in [2.24, 2.45) is 5.73 Å². The Morgan fingerprint density at radius 1 is 1.22 bits per heavy atom. The molecule has 0 saturated carbocycles. The van der Waals surface area contributed by atoms with Crippen molar-refractivity contribution in [3.63, 3.8) is 0 Å². The number of carbonyl (C=O) groups is 2. The van der Waals surface area contributed by atoms with Gasteiger partial charge < -0.3 is 15.8 Å². The second-order valence-electron chi connectivity index (χ2n) is 6.32. The van der Waals surface area contributed by atoms with Crippen molar-refractivity contribution in [3.05, 3.63) is 72.2 Å². The van der Waals surface area contributed by atoms with Crippen LogP contribution in [-0.4, -0.2) is 28.0 Å². The number of nitrogens with two attached hydrogens (primary N) is 1. The lowest BCUT2D eigenvalue weighted by molar-refractivity contribution is -0.120. The predicted molar refractivity (Wildman–Crippen MR) is 99.8 cm³/mol. The van der Waals surface area contributed by atoms with Crippen LogP contribution in [0.2, 0.25) is 0 Å². The third-order valence-electron chi connectivity index (χ3n) is 4.45. The molecule has 2 amide bonds. The molecule has 1 unspecified atom stereocenters. The summed E-state index contributed by atoms with van der Waals surface area (Å²) in [5, 5.41) is 2.93. The van der Waals surface area contributed by atoms with Gasteiger partial charge in [0.15, 0.2) is 6.61 Å². The Hall–Kier alpha value is -3.61. The van der Waals surface area contributed by atoms with E-state index in [1.54, 1.807) is 12.4 Å². The maximum atomic E-state index is 12.3. The number of primary amides is 1. The molecule has 7 heteroatoms. The van der Waals surface area contributed by atoms with Crippen LogP contribution in [0.15, 0.2) is 60.9 Å². The molecule has 3 aromatic rings. The number of hydrogen-bond donors (Lipinski definition) is 2. The number of aromatic nitrogens is 2. The Balaban J connectivity index is 1.70. The van der Waals surface area contributed by atoms with E-state index in [0.717, 1.165) is 16.9 Å². The zero-order chi connectivity index (χ0) is 18.8. The van der Waals surface area contributed by atoms with Crippen LogP contribution in [0.5, 0.6) is 5.75 Å². The van der Waals surface area contributed by atoms with Crippen molar-refractivity contribution in [1.82, 2.24) is 9.55 Å². The second-order valence-corrected chi connectivity index (χ2v) is 6.32. The van der Waals surface area contributed by atoms with Crippen LogP contribution in [-0.2, 0) is 9.59 Å². The minimum atomic E-state index is -0.540. The highest BCUT2D eigenvalue weighted by molar-refractivity contribution is 5.94. The van der Waals surface area contributed by atoms with Crippen molar-refractivity contribution in [2.45, 2.75) is 12.3 Å². The summed E-state index contributed by atoms with van der Waals surface area (Å²) in [5.41, 5.74) is 7.74. The summed E-state index contributed by atoms with van der Waals surface area (Å²) < 4.78 is 7.26. The molecule has 0 saturated heterocycles. The number of nitrogens with one attached hydrogen (secondary N) is 1. The van der Waals surface area contributed by atoms with Crippen molar-refractivity contribution in [3.8, 4) is 11.4 Å². The van der Waals surface area contributed by atoms with Gasteiger partial charge in [-0.2, -0.15) is 0 Å². The summed E-state index contributed by atoms with van der Waals surface area (Å²) in [6, 6.07) is 17.0. The topological polar surface area (TPSA) is 99.2 Å². The Labute approximate surface area is 155 Å². The number of nitrogens with zero attached hydrogens (tertiary/aromatic N) is 2. The summed E-state index contributed by atoms with van der Waals surface area (Å²) in [4.78, 5) is 27.8. The smallest absolute Gasteiger partial charge is 0.255 e. The molecule has 2 aromatic carbocycles. The van der Waals surface area contributed by atoms with Gasteiger partial charge in [0, 0.05) is 18.0 Å². The zero-order valence-electron chi connectivity index (χ0n) is 14.5. The molecule has 0 spiro atoms. The number of rotatable bonds is 5. The minimum Gasteiger partial charge on any atom is -0.484 e. The lowest BCUT2D eigenvalue weighted by Gasteiger charge is -2.23. The highest BCUT2D eigenvalue weighted by Crippen LogP contribution is 2.38. The fraction of sp³-hybridized carbons (Fsp3) is 0.150.